The summed E-state index contributed by atoms with van der Waals surface area (Å²) in [5, 5.41) is 20.7. The van der Waals surface area contributed by atoms with Crippen molar-refractivity contribution in [3.63, 3.8) is 0 Å². The molecule has 0 aliphatic carbocycles. The molecule has 0 aliphatic rings. The van der Waals surface area contributed by atoms with Gasteiger partial charge in [-0.05, 0) is 42.0 Å². The van der Waals surface area contributed by atoms with Crippen LogP contribution in [0.4, 0.5) is 0 Å². The van der Waals surface area contributed by atoms with Crippen LogP contribution in [0.1, 0.15) is 5.56 Å². The van der Waals surface area contributed by atoms with E-state index in [1.807, 2.05) is 0 Å². The number of methoxy groups -OCH3 is 3. The molecule has 0 aliphatic heterocycles. The Hall–Kier alpha value is -4.92. The summed E-state index contributed by atoms with van der Waals surface area (Å²) < 4.78 is 27.7. The number of hydrogen-bond acceptors (Lipinski definition) is 8. The Morgan fingerprint density at radius 1 is 0.892 bits per heavy atom. The number of aliphatic carboxylic acids is 1. The second-order valence-electron chi connectivity index (χ2n) is 8.23. The van der Waals surface area contributed by atoms with Crippen molar-refractivity contribution >= 4 is 27.9 Å². The number of aromatic hydroxyl groups is 1. The predicted molar refractivity (Wildman–Crippen MR) is 136 cm³/mol. The molecule has 0 spiro atoms. The zero-order valence-electron chi connectivity index (χ0n) is 20.2. The Morgan fingerprint density at radius 2 is 1.59 bits per heavy atom. The number of carboxylic acid groups (broad SMARTS) is 1. The Bertz CT molecular complexity index is 1710. The number of fused-ring (bicyclic) bond motifs is 3. The highest BCUT2D eigenvalue weighted by Gasteiger charge is 2.25. The van der Waals surface area contributed by atoms with E-state index in [4.69, 9.17) is 23.0 Å². The van der Waals surface area contributed by atoms with Gasteiger partial charge in [0.1, 0.15) is 34.5 Å². The summed E-state index contributed by atoms with van der Waals surface area (Å²) in [6, 6.07) is 13.2. The highest BCUT2D eigenvalue weighted by Crippen LogP contribution is 2.41. The second-order valence-corrected chi connectivity index (χ2v) is 8.23. The van der Waals surface area contributed by atoms with Crippen LogP contribution in [0.5, 0.6) is 23.0 Å². The molecule has 5 rings (SSSR count). The second kappa shape index (κ2) is 9.27. The van der Waals surface area contributed by atoms with Crippen molar-refractivity contribution in [3.8, 4) is 45.4 Å². The normalized spacial score (nSPS) is 11.1. The number of carbonyl (C=O) groups is 1. The van der Waals surface area contributed by atoms with Crippen molar-refractivity contribution < 1.29 is 38.1 Å². The minimum atomic E-state index is -1.09. The number of phenols is 1. The lowest BCUT2D eigenvalue weighted by Gasteiger charge is -2.10. The van der Waals surface area contributed by atoms with E-state index in [0.717, 1.165) is 0 Å². The molecule has 0 saturated carbocycles. The van der Waals surface area contributed by atoms with Crippen molar-refractivity contribution in [1.82, 2.24) is 0 Å². The van der Waals surface area contributed by atoms with Crippen LogP contribution in [-0.4, -0.2) is 37.5 Å². The van der Waals surface area contributed by atoms with Crippen LogP contribution >= 0.6 is 0 Å². The highest BCUT2D eigenvalue weighted by atomic mass is 16.5. The maximum atomic E-state index is 13.6. The largest absolute Gasteiger partial charge is 0.507 e. The molecule has 2 heterocycles. The molecule has 0 amide bonds. The molecule has 3 aromatic carbocycles. The number of furan rings is 1. The van der Waals surface area contributed by atoms with Crippen molar-refractivity contribution in [3.05, 3.63) is 70.6 Å². The third-order valence-corrected chi connectivity index (χ3v) is 6.15. The Balaban J connectivity index is 1.78. The van der Waals surface area contributed by atoms with E-state index >= 15 is 0 Å². The summed E-state index contributed by atoms with van der Waals surface area (Å²) in [5.41, 5.74) is 1.32. The van der Waals surface area contributed by atoms with Gasteiger partial charge in [-0.2, -0.15) is 0 Å². The Labute approximate surface area is 210 Å². The molecule has 9 heteroatoms. The molecular weight excluding hydrogens is 480 g/mol. The smallest absolute Gasteiger partial charge is 0.307 e. The van der Waals surface area contributed by atoms with Crippen LogP contribution in [0.25, 0.3) is 44.4 Å². The van der Waals surface area contributed by atoms with Gasteiger partial charge in [0, 0.05) is 17.2 Å². The number of rotatable bonds is 7. The van der Waals surface area contributed by atoms with Crippen LogP contribution in [0.3, 0.4) is 0 Å². The maximum absolute atomic E-state index is 13.6. The quantitative estimate of drug-likeness (QED) is 0.307. The fourth-order valence-corrected chi connectivity index (χ4v) is 4.41. The number of phenolic OH excluding ortho intramolecular Hbond substituents is 1. The minimum absolute atomic E-state index is 0.0315. The van der Waals surface area contributed by atoms with Gasteiger partial charge in [-0.25, -0.2) is 0 Å². The Kier molecular flexibility index (Phi) is 5.96. The van der Waals surface area contributed by atoms with Crippen LogP contribution in [0.15, 0.2) is 68.4 Å². The lowest BCUT2D eigenvalue weighted by atomic mass is 9.99. The third-order valence-electron chi connectivity index (χ3n) is 6.15. The van der Waals surface area contributed by atoms with Crippen LogP contribution in [0, 0.1) is 0 Å². The molecule has 2 aromatic heterocycles. The first-order chi connectivity index (χ1) is 17.9. The summed E-state index contributed by atoms with van der Waals surface area (Å²) in [6.07, 6.45) is 0.880. The topological polar surface area (TPSA) is 129 Å². The first-order valence-electron chi connectivity index (χ1n) is 11.2. The van der Waals surface area contributed by atoms with E-state index in [1.165, 1.54) is 26.5 Å². The molecule has 0 radical (unpaired) electrons. The molecule has 5 aromatic rings. The number of hydrogen-bond donors (Lipinski definition) is 2. The zero-order valence-corrected chi connectivity index (χ0v) is 20.2. The van der Waals surface area contributed by atoms with Crippen molar-refractivity contribution in [1.29, 1.82) is 0 Å². The van der Waals surface area contributed by atoms with Crippen molar-refractivity contribution in [2.45, 2.75) is 6.42 Å². The summed E-state index contributed by atoms with van der Waals surface area (Å²) in [7, 11) is 4.53. The van der Waals surface area contributed by atoms with Gasteiger partial charge in [0.05, 0.1) is 38.7 Å². The van der Waals surface area contributed by atoms with Gasteiger partial charge in [-0.3, -0.25) is 9.59 Å². The lowest BCUT2D eigenvalue weighted by Crippen LogP contribution is -2.06. The van der Waals surface area contributed by atoms with Gasteiger partial charge in [-0.1, -0.05) is 6.07 Å². The molecule has 0 saturated heterocycles. The molecule has 9 nitrogen and oxygen atoms in total. The van der Waals surface area contributed by atoms with Gasteiger partial charge < -0.3 is 33.3 Å². The summed E-state index contributed by atoms with van der Waals surface area (Å²) in [5.74, 6) is 0.374. The van der Waals surface area contributed by atoms with E-state index in [2.05, 4.69) is 0 Å². The highest BCUT2D eigenvalue weighted by molar-refractivity contribution is 6.10. The van der Waals surface area contributed by atoms with Crippen molar-refractivity contribution in [2.75, 3.05) is 21.3 Å². The van der Waals surface area contributed by atoms with Crippen LogP contribution < -0.4 is 19.6 Å². The first kappa shape index (κ1) is 23.8. The fourth-order valence-electron chi connectivity index (χ4n) is 4.41. The van der Waals surface area contributed by atoms with Gasteiger partial charge in [0.15, 0.2) is 17.1 Å². The molecule has 0 fully saturated rings. The SMILES string of the molecule is COc1ccc(-c2oc3cc(O)c4c(=O)c(-c5ccc(OC)c(OC)c5)coc4c3c2CC(=O)O)cc1. The van der Waals surface area contributed by atoms with Gasteiger partial charge in [-0.15, -0.1) is 0 Å². The third kappa shape index (κ3) is 4.00. The van der Waals surface area contributed by atoms with Crippen LogP contribution in [0.2, 0.25) is 0 Å². The molecule has 0 atom stereocenters. The molecule has 0 unspecified atom stereocenters. The molecule has 37 heavy (non-hydrogen) atoms. The summed E-state index contributed by atoms with van der Waals surface area (Å²) in [4.78, 5) is 25.4. The lowest BCUT2D eigenvalue weighted by molar-refractivity contribution is -0.136. The predicted octanol–water partition coefficient (Wildman–Crippen LogP) is 5.23. The molecule has 0 bridgehead atoms. The molecule has 2 N–H and O–H groups in total. The maximum Gasteiger partial charge on any atom is 0.307 e. The first-order valence-corrected chi connectivity index (χ1v) is 11.2. The monoisotopic (exact) mass is 502 g/mol. The van der Waals surface area contributed by atoms with Crippen LogP contribution in [-0.2, 0) is 11.2 Å². The fraction of sp³-hybridized carbons (Fsp3) is 0.143. The van der Waals surface area contributed by atoms with Gasteiger partial charge in [0.25, 0.3) is 0 Å². The van der Waals surface area contributed by atoms with Crippen molar-refractivity contribution in [2.24, 2.45) is 0 Å². The van der Waals surface area contributed by atoms with Gasteiger partial charge >= 0.3 is 5.97 Å². The van der Waals surface area contributed by atoms with E-state index in [9.17, 15) is 19.8 Å². The zero-order chi connectivity index (χ0) is 26.3. The minimum Gasteiger partial charge on any atom is -0.507 e. The van der Waals surface area contributed by atoms with E-state index in [-0.39, 0.29) is 27.9 Å². The molecule has 188 valence electrons. The average molecular weight is 502 g/mol. The standard InChI is InChI=1S/C28H22O9/c1-33-16-7-4-14(5-8-16)27-17(11-23(30)31)24-22(37-27)12-19(29)25-26(32)18(13-36-28(24)25)15-6-9-20(34-2)21(10-15)35-3/h4-10,12-13,29H,11H2,1-3H3,(H,30,31). The van der Waals surface area contributed by atoms with Gasteiger partial charge in [0.2, 0.25) is 5.43 Å². The summed E-state index contributed by atoms with van der Waals surface area (Å²) >= 11 is 0. The summed E-state index contributed by atoms with van der Waals surface area (Å²) in [6.45, 7) is 0. The van der Waals surface area contributed by atoms with E-state index < -0.39 is 17.8 Å². The number of ether oxygens (including phenoxy) is 3. The molecular formula is C28H22O9. The average Bonchev–Trinajstić information content (AvgIpc) is 3.25. The van der Waals surface area contributed by atoms with E-state index in [1.54, 1.807) is 49.6 Å². The number of carboxylic acids is 1. The van der Waals surface area contributed by atoms with E-state index in [0.29, 0.717) is 45.1 Å². The number of benzene rings is 3. The Morgan fingerprint density at radius 3 is 2.24 bits per heavy atom.